The first kappa shape index (κ1) is 8.68. The first-order valence-corrected chi connectivity index (χ1v) is 5.27. The van der Waals surface area contributed by atoms with Gasteiger partial charge in [-0.05, 0) is 12.1 Å². The van der Waals surface area contributed by atoms with E-state index in [4.69, 9.17) is 10.8 Å². The Hall–Kier alpha value is -0.910. The van der Waals surface area contributed by atoms with E-state index in [1.165, 1.54) is 22.7 Å². The SMILES string of the molecule is NC(=O)c1cc2cc(CO)sc2s1. The Morgan fingerprint density at radius 2 is 2.23 bits per heavy atom. The Balaban J connectivity index is 2.54. The van der Waals surface area contributed by atoms with Gasteiger partial charge < -0.3 is 10.8 Å². The van der Waals surface area contributed by atoms with Crippen molar-refractivity contribution in [2.75, 3.05) is 0 Å². The van der Waals surface area contributed by atoms with Crippen LogP contribution in [-0.4, -0.2) is 11.0 Å². The highest BCUT2D eigenvalue weighted by Crippen LogP contribution is 2.33. The van der Waals surface area contributed by atoms with E-state index in [9.17, 15) is 4.79 Å². The summed E-state index contributed by atoms with van der Waals surface area (Å²) >= 11 is 2.87. The number of hydrogen-bond donors (Lipinski definition) is 2. The van der Waals surface area contributed by atoms with Crippen molar-refractivity contribution in [3.63, 3.8) is 0 Å². The second-order valence-corrected chi connectivity index (χ2v) is 5.04. The molecule has 0 aliphatic carbocycles. The molecule has 0 fully saturated rings. The van der Waals surface area contributed by atoms with E-state index < -0.39 is 0 Å². The zero-order valence-electron chi connectivity index (χ0n) is 6.61. The van der Waals surface area contributed by atoms with Gasteiger partial charge in [-0.25, -0.2) is 0 Å². The number of aliphatic hydroxyl groups is 1. The van der Waals surface area contributed by atoms with Crippen LogP contribution in [-0.2, 0) is 6.61 Å². The predicted molar refractivity (Wildman–Crippen MR) is 54.1 cm³/mol. The minimum absolute atomic E-state index is 0.0535. The molecule has 1 amide bonds. The van der Waals surface area contributed by atoms with Crippen molar-refractivity contribution in [1.29, 1.82) is 0 Å². The fourth-order valence-corrected chi connectivity index (χ4v) is 3.29. The van der Waals surface area contributed by atoms with Crippen LogP contribution in [0.1, 0.15) is 14.5 Å². The Labute approximate surface area is 82.4 Å². The van der Waals surface area contributed by atoms with Gasteiger partial charge in [0.1, 0.15) is 0 Å². The van der Waals surface area contributed by atoms with Gasteiger partial charge in [-0.15, -0.1) is 22.7 Å². The van der Waals surface area contributed by atoms with Crippen molar-refractivity contribution in [2.45, 2.75) is 6.61 Å². The molecule has 3 N–H and O–H groups in total. The molecule has 0 saturated carbocycles. The van der Waals surface area contributed by atoms with Gasteiger partial charge in [0.15, 0.2) is 0 Å². The van der Waals surface area contributed by atoms with E-state index in [1.807, 2.05) is 6.07 Å². The van der Waals surface area contributed by atoms with Gasteiger partial charge in [0, 0.05) is 10.3 Å². The minimum Gasteiger partial charge on any atom is -0.391 e. The topological polar surface area (TPSA) is 63.3 Å². The van der Waals surface area contributed by atoms with Crippen molar-refractivity contribution in [3.8, 4) is 0 Å². The average Bonchev–Trinajstić information content (AvgIpc) is 2.58. The zero-order chi connectivity index (χ0) is 9.42. The third-order valence-electron chi connectivity index (χ3n) is 1.66. The highest BCUT2D eigenvalue weighted by Gasteiger charge is 2.09. The maximum absolute atomic E-state index is 10.8. The number of aliphatic hydroxyl groups excluding tert-OH is 1. The second-order valence-electron chi connectivity index (χ2n) is 2.59. The Morgan fingerprint density at radius 3 is 2.77 bits per heavy atom. The van der Waals surface area contributed by atoms with Gasteiger partial charge in [0.25, 0.3) is 5.91 Å². The largest absolute Gasteiger partial charge is 0.391 e. The van der Waals surface area contributed by atoms with Crippen LogP contribution in [0.2, 0.25) is 0 Å². The molecule has 0 spiro atoms. The first-order valence-electron chi connectivity index (χ1n) is 3.63. The Kier molecular flexibility index (Phi) is 2.07. The van der Waals surface area contributed by atoms with Crippen molar-refractivity contribution in [1.82, 2.24) is 0 Å². The molecule has 2 rings (SSSR count). The van der Waals surface area contributed by atoms with Crippen LogP contribution in [0, 0.1) is 0 Å². The highest BCUT2D eigenvalue weighted by atomic mass is 32.2. The van der Waals surface area contributed by atoms with Crippen LogP contribution in [0.4, 0.5) is 0 Å². The lowest BCUT2D eigenvalue weighted by Gasteiger charge is -1.84. The third kappa shape index (κ3) is 1.46. The summed E-state index contributed by atoms with van der Waals surface area (Å²) < 4.78 is 1.04. The Bertz CT molecular complexity index is 426. The monoisotopic (exact) mass is 213 g/mol. The normalized spacial score (nSPS) is 10.8. The van der Waals surface area contributed by atoms with E-state index in [2.05, 4.69) is 0 Å². The molecule has 2 heterocycles. The van der Waals surface area contributed by atoms with Crippen LogP contribution in [0.3, 0.4) is 0 Å². The van der Waals surface area contributed by atoms with Gasteiger partial charge in [0.05, 0.1) is 15.5 Å². The van der Waals surface area contributed by atoms with Gasteiger partial charge in [-0.2, -0.15) is 0 Å². The molecule has 0 unspecified atom stereocenters. The fourth-order valence-electron chi connectivity index (χ4n) is 1.09. The molecule has 0 atom stereocenters. The summed E-state index contributed by atoms with van der Waals surface area (Å²) in [5, 5.41) is 9.85. The summed E-state index contributed by atoms with van der Waals surface area (Å²) in [6, 6.07) is 3.64. The molecule has 0 bridgehead atoms. The van der Waals surface area contributed by atoms with Gasteiger partial charge >= 0.3 is 0 Å². The number of amides is 1. The number of thiophene rings is 2. The highest BCUT2D eigenvalue weighted by molar-refractivity contribution is 7.39. The molecular formula is C8H7NO2S2. The summed E-state index contributed by atoms with van der Waals surface area (Å²) in [7, 11) is 0. The van der Waals surface area contributed by atoms with Crippen molar-refractivity contribution in [3.05, 3.63) is 21.9 Å². The molecule has 13 heavy (non-hydrogen) atoms. The number of hydrogen-bond acceptors (Lipinski definition) is 4. The van der Waals surface area contributed by atoms with Gasteiger partial charge in [-0.1, -0.05) is 0 Å². The summed E-state index contributed by atoms with van der Waals surface area (Å²) in [5.41, 5.74) is 5.13. The number of fused-ring (bicyclic) bond motifs is 1. The molecular weight excluding hydrogens is 206 g/mol. The molecule has 2 aromatic heterocycles. The molecule has 0 radical (unpaired) electrons. The maximum atomic E-state index is 10.8. The van der Waals surface area contributed by atoms with Crippen LogP contribution in [0.5, 0.6) is 0 Å². The van der Waals surface area contributed by atoms with Crippen molar-refractivity contribution in [2.24, 2.45) is 5.73 Å². The van der Waals surface area contributed by atoms with E-state index in [-0.39, 0.29) is 12.5 Å². The molecule has 3 nitrogen and oxygen atoms in total. The molecule has 0 aliphatic heterocycles. The summed E-state index contributed by atoms with van der Waals surface area (Å²) in [6.45, 7) is 0.0535. The predicted octanol–water partition coefficient (Wildman–Crippen LogP) is 1.55. The standard InChI is InChI=1S/C8H7NO2S2/c9-7(11)6-2-4-1-5(3-10)12-8(4)13-6/h1-2,10H,3H2,(H2,9,11). The van der Waals surface area contributed by atoms with E-state index in [0.717, 1.165) is 14.3 Å². The van der Waals surface area contributed by atoms with E-state index in [1.54, 1.807) is 6.07 Å². The van der Waals surface area contributed by atoms with E-state index in [0.29, 0.717) is 4.88 Å². The number of carbonyl (C=O) groups is 1. The van der Waals surface area contributed by atoms with Crippen molar-refractivity contribution >= 4 is 38.0 Å². The lowest BCUT2D eigenvalue weighted by molar-refractivity contribution is 0.100. The molecule has 5 heteroatoms. The summed E-state index contributed by atoms with van der Waals surface area (Å²) in [6.07, 6.45) is 0. The number of primary amides is 1. The molecule has 0 aromatic carbocycles. The summed E-state index contributed by atoms with van der Waals surface area (Å²) in [5.74, 6) is -0.390. The van der Waals surface area contributed by atoms with Crippen LogP contribution in [0.25, 0.3) is 9.40 Å². The van der Waals surface area contributed by atoms with Gasteiger partial charge in [-0.3, -0.25) is 4.79 Å². The van der Waals surface area contributed by atoms with E-state index >= 15 is 0 Å². The molecule has 0 saturated heterocycles. The second kappa shape index (κ2) is 3.10. The van der Waals surface area contributed by atoms with Crippen LogP contribution >= 0.6 is 22.7 Å². The fraction of sp³-hybridized carbons (Fsp3) is 0.125. The summed E-state index contributed by atoms with van der Waals surface area (Å²) in [4.78, 5) is 12.3. The Morgan fingerprint density at radius 1 is 1.46 bits per heavy atom. The molecule has 0 aliphatic rings. The average molecular weight is 213 g/mol. The number of nitrogens with two attached hydrogens (primary N) is 1. The van der Waals surface area contributed by atoms with Crippen LogP contribution in [0.15, 0.2) is 12.1 Å². The van der Waals surface area contributed by atoms with Crippen LogP contribution < -0.4 is 5.73 Å². The van der Waals surface area contributed by atoms with Crippen molar-refractivity contribution < 1.29 is 9.90 Å². The van der Waals surface area contributed by atoms with Gasteiger partial charge in [0.2, 0.25) is 0 Å². The first-order chi connectivity index (χ1) is 6.20. The lowest BCUT2D eigenvalue weighted by Crippen LogP contribution is -2.08. The molecule has 68 valence electrons. The number of carbonyl (C=O) groups excluding carboxylic acids is 1. The maximum Gasteiger partial charge on any atom is 0.258 e. The number of rotatable bonds is 2. The smallest absolute Gasteiger partial charge is 0.258 e. The minimum atomic E-state index is -0.390. The molecule has 2 aromatic rings. The third-order valence-corrected chi connectivity index (χ3v) is 4.05. The lowest BCUT2D eigenvalue weighted by atomic mass is 10.3. The quantitative estimate of drug-likeness (QED) is 0.795. The zero-order valence-corrected chi connectivity index (χ0v) is 8.24.